The van der Waals surface area contributed by atoms with E-state index < -0.39 is 6.04 Å². The predicted octanol–water partition coefficient (Wildman–Crippen LogP) is 1.45. The topological polar surface area (TPSA) is 58.4 Å². The number of piperazine rings is 1. The summed E-state index contributed by atoms with van der Waals surface area (Å²) in [4.78, 5) is 28.7. The number of carbonyl (C=O) groups excluding carboxylic acids is 2. The third-order valence-electron chi connectivity index (χ3n) is 4.99. The van der Waals surface area contributed by atoms with Crippen LogP contribution < -0.4 is 0 Å². The van der Waals surface area contributed by atoms with E-state index in [-0.39, 0.29) is 18.4 Å². The average molecular weight is 340 g/mol. The number of nitrogens with zero attached hydrogens (tertiary/aromatic N) is 4. The fourth-order valence-corrected chi connectivity index (χ4v) is 3.38. The molecular formula is C19H24N4O2. The van der Waals surface area contributed by atoms with E-state index in [4.69, 9.17) is 0 Å². The van der Waals surface area contributed by atoms with Gasteiger partial charge in [-0.2, -0.15) is 5.10 Å². The van der Waals surface area contributed by atoms with E-state index >= 15 is 0 Å². The normalized spacial score (nSPS) is 18.2. The summed E-state index contributed by atoms with van der Waals surface area (Å²) in [6.45, 7) is 4.48. The highest BCUT2D eigenvalue weighted by Gasteiger charge is 2.38. The number of aromatic nitrogens is 2. The van der Waals surface area contributed by atoms with Crippen LogP contribution in [-0.2, 0) is 29.6 Å². The molecular weight excluding hydrogens is 316 g/mol. The molecule has 0 N–H and O–H groups in total. The van der Waals surface area contributed by atoms with Crippen LogP contribution in [0.1, 0.15) is 22.5 Å². The van der Waals surface area contributed by atoms with Crippen molar-refractivity contribution in [2.45, 2.75) is 32.9 Å². The highest BCUT2D eigenvalue weighted by atomic mass is 16.2. The summed E-state index contributed by atoms with van der Waals surface area (Å²) in [5, 5.41) is 4.43. The van der Waals surface area contributed by atoms with Gasteiger partial charge in [-0.15, -0.1) is 0 Å². The molecule has 0 bridgehead atoms. The van der Waals surface area contributed by atoms with Crippen molar-refractivity contribution in [2.24, 2.45) is 7.05 Å². The first-order chi connectivity index (χ1) is 11.9. The highest BCUT2D eigenvalue weighted by Crippen LogP contribution is 2.22. The van der Waals surface area contributed by atoms with Crippen molar-refractivity contribution in [1.82, 2.24) is 19.6 Å². The van der Waals surface area contributed by atoms with Gasteiger partial charge in [0, 0.05) is 31.8 Å². The molecule has 0 spiro atoms. The Balaban J connectivity index is 1.92. The largest absolute Gasteiger partial charge is 0.335 e. The van der Waals surface area contributed by atoms with Crippen molar-refractivity contribution >= 4 is 11.8 Å². The Kier molecular flexibility index (Phi) is 4.61. The smallest absolute Gasteiger partial charge is 0.245 e. The number of carbonyl (C=O) groups is 2. The average Bonchev–Trinajstić information content (AvgIpc) is 2.82. The second-order valence-corrected chi connectivity index (χ2v) is 6.69. The van der Waals surface area contributed by atoms with Crippen LogP contribution in [-0.4, -0.2) is 51.0 Å². The molecule has 6 nitrogen and oxygen atoms in total. The minimum atomic E-state index is -0.479. The molecule has 3 rings (SSSR count). The van der Waals surface area contributed by atoms with Gasteiger partial charge in [-0.05, 0) is 19.4 Å². The number of hydrogen-bond donors (Lipinski definition) is 0. The van der Waals surface area contributed by atoms with Gasteiger partial charge in [-0.1, -0.05) is 30.3 Å². The first kappa shape index (κ1) is 17.2. The minimum Gasteiger partial charge on any atom is -0.335 e. The van der Waals surface area contributed by atoms with Gasteiger partial charge in [0.1, 0.15) is 6.04 Å². The number of hydrogen-bond acceptors (Lipinski definition) is 3. The van der Waals surface area contributed by atoms with E-state index in [0.29, 0.717) is 13.0 Å². The molecule has 2 heterocycles. The third kappa shape index (κ3) is 3.29. The second kappa shape index (κ2) is 6.70. The molecule has 25 heavy (non-hydrogen) atoms. The van der Waals surface area contributed by atoms with E-state index in [9.17, 15) is 9.59 Å². The van der Waals surface area contributed by atoms with Crippen molar-refractivity contribution in [2.75, 3.05) is 13.6 Å². The zero-order valence-electron chi connectivity index (χ0n) is 15.2. The van der Waals surface area contributed by atoms with Gasteiger partial charge < -0.3 is 9.80 Å². The summed E-state index contributed by atoms with van der Waals surface area (Å²) in [7, 11) is 3.58. The van der Waals surface area contributed by atoms with Gasteiger partial charge in [0.2, 0.25) is 11.8 Å². The quantitative estimate of drug-likeness (QED) is 0.846. The highest BCUT2D eigenvalue weighted by molar-refractivity contribution is 5.94. The third-order valence-corrected chi connectivity index (χ3v) is 4.99. The second-order valence-electron chi connectivity index (χ2n) is 6.69. The van der Waals surface area contributed by atoms with Gasteiger partial charge in [0.05, 0.1) is 18.8 Å². The van der Waals surface area contributed by atoms with Gasteiger partial charge in [0.15, 0.2) is 0 Å². The van der Waals surface area contributed by atoms with E-state index in [2.05, 4.69) is 5.10 Å². The van der Waals surface area contributed by atoms with E-state index in [1.54, 1.807) is 11.9 Å². The van der Waals surface area contributed by atoms with Gasteiger partial charge in [0.25, 0.3) is 0 Å². The summed E-state index contributed by atoms with van der Waals surface area (Å²) < 4.78 is 1.82. The number of likely N-dealkylation sites (N-methyl/N-ethyl adjacent to an activating group) is 1. The number of rotatable bonds is 4. The Morgan fingerprint density at radius 1 is 1.12 bits per heavy atom. The molecule has 2 amide bonds. The first-order valence-electron chi connectivity index (χ1n) is 8.46. The fraction of sp³-hybridized carbons (Fsp3) is 0.421. The fourth-order valence-electron chi connectivity index (χ4n) is 3.38. The molecule has 0 unspecified atom stereocenters. The van der Waals surface area contributed by atoms with Gasteiger partial charge in [-0.3, -0.25) is 14.3 Å². The Labute approximate surface area is 148 Å². The number of amides is 2. The maximum atomic E-state index is 12.8. The van der Waals surface area contributed by atoms with Gasteiger partial charge >= 0.3 is 0 Å². The summed E-state index contributed by atoms with van der Waals surface area (Å²) >= 11 is 0. The molecule has 1 aliphatic heterocycles. The first-order valence-corrected chi connectivity index (χ1v) is 8.46. The molecule has 0 aliphatic carbocycles. The van der Waals surface area contributed by atoms with Crippen molar-refractivity contribution in [1.29, 1.82) is 0 Å². The molecule has 1 aromatic heterocycles. The summed E-state index contributed by atoms with van der Waals surface area (Å²) in [6, 6.07) is 9.36. The zero-order chi connectivity index (χ0) is 18.1. The Morgan fingerprint density at radius 2 is 1.80 bits per heavy atom. The van der Waals surface area contributed by atoms with Crippen molar-refractivity contribution < 1.29 is 9.59 Å². The predicted molar refractivity (Wildman–Crippen MR) is 94.8 cm³/mol. The van der Waals surface area contributed by atoms with Crippen LogP contribution in [0.2, 0.25) is 0 Å². The van der Waals surface area contributed by atoms with E-state index in [1.807, 2.05) is 55.9 Å². The van der Waals surface area contributed by atoms with Crippen molar-refractivity contribution in [3.8, 4) is 0 Å². The van der Waals surface area contributed by atoms with Crippen LogP contribution >= 0.6 is 0 Å². The molecule has 1 saturated heterocycles. The zero-order valence-corrected chi connectivity index (χ0v) is 15.2. The van der Waals surface area contributed by atoms with Crippen LogP contribution in [0, 0.1) is 13.8 Å². The van der Waals surface area contributed by atoms with E-state index in [1.165, 1.54) is 4.90 Å². The summed E-state index contributed by atoms with van der Waals surface area (Å²) in [6.07, 6.45) is 0.522. The number of aryl methyl sites for hydroxylation is 2. The van der Waals surface area contributed by atoms with E-state index in [0.717, 1.165) is 22.5 Å². The number of benzene rings is 1. The molecule has 1 aliphatic rings. The molecule has 1 fully saturated rings. The molecule has 6 heteroatoms. The lowest BCUT2D eigenvalue weighted by molar-refractivity contribution is -0.155. The Hall–Kier alpha value is -2.63. The Bertz CT molecular complexity index is 797. The van der Waals surface area contributed by atoms with Crippen LogP contribution in [0.15, 0.2) is 30.3 Å². The maximum Gasteiger partial charge on any atom is 0.245 e. The lowest BCUT2D eigenvalue weighted by Gasteiger charge is -2.39. The standard InChI is InChI=1S/C19H24N4O2/c1-13-16(14(2)22(4)20-13)11-23-17(10-15-8-6-5-7-9-15)19(25)21(3)12-18(23)24/h5-9,17H,10-12H2,1-4H3/t17-/m0/s1. The molecule has 2 aromatic rings. The van der Waals surface area contributed by atoms with Crippen LogP contribution in [0.4, 0.5) is 0 Å². The monoisotopic (exact) mass is 340 g/mol. The maximum absolute atomic E-state index is 12.8. The van der Waals surface area contributed by atoms with Crippen molar-refractivity contribution in [3.63, 3.8) is 0 Å². The van der Waals surface area contributed by atoms with Crippen LogP contribution in [0.3, 0.4) is 0 Å². The minimum absolute atomic E-state index is 0.0114. The molecule has 1 aromatic carbocycles. The lowest BCUT2D eigenvalue weighted by Crippen LogP contribution is -2.59. The molecule has 0 saturated carbocycles. The van der Waals surface area contributed by atoms with Crippen LogP contribution in [0.5, 0.6) is 0 Å². The Morgan fingerprint density at radius 3 is 2.40 bits per heavy atom. The van der Waals surface area contributed by atoms with Gasteiger partial charge in [-0.25, -0.2) is 0 Å². The lowest BCUT2D eigenvalue weighted by atomic mass is 10.00. The summed E-state index contributed by atoms with van der Waals surface area (Å²) in [5.74, 6) is -0.0340. The SMILES string of the molecule is Cc1nn(C)c(C)c1CN1C(=O)CN(C)C(=O)[C@@H]1Cc1ccccc1. The molecule has 0 radical (unpaired) electrons. The van der Waals surface area contributed by atoms with Crippen molar-refractivity contribution in [3.05, 3.63) is 52.8 Å². The molecule has 132 valence electrons. The molecule has 1 atom stereocenters. The summed E-state index contributed by atoms with van der Waals surface area (Å²) in [5.41, 5.74) is 3.99. The van der Waals surface area contributed by atoms with Crippen LogP contribution in [0.25, 0.3) is 0 Å².